The summed E-state index contributed by atoms with van der Waals surface area (Å²) >= 11 is 0. The zero-order chi connectivity index (χ0) is 19.7. The number of benzene rings is 1. The molecule has 3 aliphatic heterocycles. The van der Waals surface area contributed by atoms with E-state index < -0.39 is 11.6 Å². The van der Waals surface area contributed by atoms with Crippen LogP contribution < -0.4 is 15.5 Å². The van der Waals surface area contributed by atoms with Gasteiger partial charge in [-0.3, -0.25) is 24.6 Å². The van der Waals surface area contributed by atoms with Gasteiger partial charge in [0.2, 0.25) is 11.8 Å². The Morgan fingerprint density at radius 3 is 2.46 bits per heavy atom. The molecule has 3 aliphatic rings. The van der Waals surface area contributed by atoms with Crippen LogP contribution in [0.15, 0.2) is 24.3 Å². The Morgan fingerprint density at radius 2 is 1.79 bits per heavy atom. The fraction of sp³-hybridized carbons (Fsp3) is 0.474. The topological polar surface area (TPSA) is 108 Å². The standard InChI is InChI=1S/C19H22N4O5/c24-15-5-8-23(18(27)21-15)14-4-2-1-3-13(14)17(26)22-9-6-19(7-10-22)12-20-16(25)11-28-19/h1-4H,5-12H2,(H,20,25)(H,21,24,27). The summed E-state index contributed by atoms with van der Waals surface area (Å²) in [7, 11) is 0. The number of likely N-dealkylation sites (tertiary alicyclic amines) is 1. The Hall–Kier alpha value is -2.94. The molecule has 3 saturated heterocycles. The predicted molar refractivity (Wildman–Crippen MR) is 98.8 cm³/mol. The molecule has 1 aromatic rings. The van der Waals surface area contributed by atoms with Crippen LogP contribution in [0.3, 0.4) is 0 Å². The van der Waals surface area contributed by atoms with Gasteiger partial charge < -0.3 is 15.0 Å². The van der Waals surface area contributed by atoms with Gasteiger partial charge in [0.1, 0.15) is 6.61 Å². The number of nitrogens with one attached hydrogen (secondary N) is 2. The lowest BCUT2D eigenvalue weighted by atomic mass is 9.89. The monoisotopic (exact) mass is 386 g/mol. The van der Waals surface area contributed by atoms with Crippen LogP contribution in [0.25, 0.3) is 0 Å². The van der Waals surface area contributed by atoms with Gasteiger partial charge in [-0.15, -0.1) is 0 Å². The van der Waals surface area contributed by atoms with Gasteiger partial charge in [0, 0.05) is 32.6 Å². The highest BCUT2D eigenvalue weighted by atomic mass is 16.5. The molecule has 0 aliphatic carbocycles. The van der Waals surface area contributed by atoms with E-state index in [1.807, 2.05) is 0 Å². The van der Waals surface area contributed by atoms with Crippen molar-refractivity contribution in [2.24, 2.45) is 0 Å². The second kappa shape index (κ2) is 7.23. The van der Waals surface area contributed by atoms with Gasteiger partial charge in [-0.2, -0.15) is 0 Å². The highest BCUT2D eigenvalue weighted by Crippen LogP contribution is 2.30. The maximum atomic E-state index is 13.1. The molecule has 5 amide bonds. The van der Waals surface area contributed by atoms with Crippen molar-refractivity contribution in [1.29, 1.82) is 0 Å². The van der Waals surface area contributed by atoms with Gasteiger partial charge in [0.05, 0.1) is 16.9 Å². The Bertz CT molecular complexity index is 819. The molecule has 3 fully saturated rings. The normalized spacial score (nSPS) is 22.1. The van der Waals surface area contributed by atoms with Crippen molar-refractivity contribution in [3.63, 3.8) is 0 Å². The van der Waals surface area contributed by atoms with E-state index in [0.717, 1.165) is 0 Å². The summed E-state index contributed by atoms with van der Waals surface area (Å²) in [5, 5.41) is 5.12. The summed E-state index contributed by atoms with van der Waals surface area (Å²) in [6.07, 6.45) is 1.48. The molecule has 0 atom stereocenters. The second-order valence-electron chi connectivity index (χ2n) is 7.31. The van der Waals surface area contributed by atoms with Crippen molar-refractivity contribution in [1.82, 2.24) is 15.5 Å². The van der Waals surface area contributed by atoms with Crippen molar-refractivity contribution < 1.29 is 23.9 Å². The van der Waals surface area contributed by atoms with Crippen molar-refractivity contribution in [2.75, 3.05) is 37.7 Å². The third-order valence-corrected chi connectivity index (χ3v) is 5.56. The quantitative estimate of drug-likeness (QED) is 0.758. The van der Waals surface area contributed by atoms with Gasteiger partial charge in [0.15, 0.2) is 0 Å². The minimum absolute atomic E-state index is 0.0551. The van der Waals surface area contributed by atoms with E-state index in [0.29, 0.717) is 43.7 Å². The highest BCUT2D eigenvalue weighted by Gasteiger charge is 2.40. The molecule has 0 saturated carbocycles. The van der Waals surface area contributed by atoms with Crippen LogP contribution in [0, 0.1) is 0 Å². The van der Waals surface area contributed by atoms with Crippen LogP contribution in [0.5, 0.6) is 0 Å². The Kier molecular flexibility index (Phi) is 4.76. The summed E-state index contributed by atoms with van der Waals surface area (Å²) < 4.78 is 5.75. The number of nitrogens with zero attached hydrogens (tertiary/aromatic N) is 2. The molecule has 1 spiro atoms. The first kappa shape index (κ1) is 18.4. The van der Waals surface area contributed by atoms with Crippen molar-refractivity contribution in [2.45, 2.75) is 24.9 Å². The van der Waals surface area contributed by atoms with Crippen LogP contribution in [0.2, 0.25) is 0 Å². The van der Waals surface area contributed by atoms with Gasteiger partial charge in [-0.25, -0.2) is 4.79 Å². The Labute approximate surface area is 162 Å². The molecule has 0 aromatic heterocycles. The van der Waals surface area contributed by atoms with Crippen LogP contribution in [0.4, 0.5) is 10.5 Å². The van der Waals surface area contributed by atoms with E-state index in [4.69, 9.17) is 4.74 Å². The zero-order valence-corrected chi connectivity index (χ0v) is 15.4. The number of ether oxygens (including phenoxy) is 1. The minimum atomic E-state index is -0.513. The van der Waals surface area contributed by atoms with Gasteiger partial charge in [0.25, 0.3) is 5.91 Å². The van der Waals surface area contributed by atoms with E-state index in [9.17, 15) is 19.2 Å². The van der Waals surface area contributed by atoms with E-state index in [1.165, 1.54) is 4.90 Å². The van der Waals surface area contributed by atoms with Gasteiger partial charge in [-0.1, -0.05) is 12.1 Å². The highest BCUT2D eigenvalue weighted by molar-refractivity contribution is 6.09. The molecule has 0 bridgehead atoms. The van der Waals surface area contributed by atoms with Crippen molar-refractivity contribution >= 4 is 29.4 Å². The summed E-state index contributed by atoms with van der Waals surface area (Å²) in [5.74, 6) is -0.586. The molecule has 4 rings (SSSR count). The number of anilines is 1. The van der Waals surface area contributed by atoms with Crippen molar-refractivity contribution in [3.8, 4) is 0 Å². The number of hydrogen-bond donors (Lipinski definition) is 2. The molecular weight excluding hydrogens is 364 g/mol. The molecule has 3 heterocycles. The molecule has 9 heteroatoms. The zero-order valence-electron chi connectivity index (χ0n) is 15.4. The Morgan fingerprint density at radius 1 is 1.04 bits per heavy atom. The fourth-order valence-electron chi connectivity index (χ4n) is 3.87. The summed E-state index contributed by atoms with van der Waals surface area (Å²) in [6, 6.07) is 6.42. The Balaban J connectivity index is 1.48. The lowest BCUT2D eigenvalue weighted by molar-refractivity contribution is -0.149. The number of carbonyl (C=O) groups excluding carboxylic acids is 4. The first-order valence-electron chi connectivity index (χ1n) is 9.38. The van der Waals surface area contributed by atoms with E-state index in [1.54, 1.807) is 29.2 Å². The molecular formula is C19H22N4O5. The number of hydrogen-bond acceptors (Lipinski definition) is 5. The number of rotatable bonds is 2. The van der Waals surface area contributed by atoms with E-state index >= 15 is 0 Å². The third kappa shape index (κ3) is 3.45. The van der Waals surface area contributed by atoms with Crippen LogP contribution in [0.1, 0.15) is 29.6 Å². The number of amides is 5. The molecule has 0 unspecified atom stereocenters. The maximum Gasteiger partial charge on any atom is 0.328 e. The summed E-state index contributed by atoms with van der Waals surface area (Å²) in [6.45, 7) is 1.78. The summed E-state index contributed by atoms with van der Waals surface area (Å²) in [5.41, 5.74) is 0.525. The van der Waals surface area contributed by atoms with Gasteiger partial charge >= 0.3 is 6.03 Å². The van der Waals surface area contributed by atoms with Gasteiger partial charge in [-0.05, 0) is 25.0 Å². The fourth-order valence-corrected chi connectivity index (χ4v) is 3.87. The second-order valence-corrected chi connectivity index (χ2v) is 7.31. The lowest BCUT2D eigenvalue weighted by Crippen LogP contribution is -2.58. The van der Waals surface area contributed by atoms with E-state index in [-0.39, 0.29) is 37.3 Å². The van der Waals surface area contributed by atoms with Crippen LogP contribution in [-0.4, -0.2) is 67.0 Å². The predicted octanol–water partition coefficient (Wildman–Crippen LogP) is 0.254. The molecule has 148 valence electrons. The molecule has 0 radical (unpaired) electrons. The van der Waals surface area contributed by atoms with Crippen LogP contribution >= 0.6 is 0 Å². The summed E-state index contributed by atoms with van der Waals surface area (Å²) in [4.78, 5) is 51.3. The van der Waals surface area contributed by atoms with E-state index in [2.05, 4.69) is 10.6 Å². The smallest absolute Gasteiger partial charge is 0.328 e. The number of imide groups is 1. The SMILES string of the molecule is O=C1COC2(CCN(C(=O)c3ccccc3N3CCC(=O)NC3=O)CC2)CN1. The molecule has 9 nitrogen and oxygen atoms in total. The van der Waals surface area contributed by atoms with Crippen molar-refractivity contribution in [3.05, 3.63) is 29.8 Å². The largest absolute Gasteiger partial charge is 0.363 e. The molecule has 28 heavy (non-hydrogen) atoms. The average Bonchev–Trinajstić information content (AvgIpc) is 2.71. The number of urea groups is 1. The molecule has 1 aromatic carbocycles. The molecule has 2 N–H and O–H groups in total. The van der Waals surface area contributed by atoms with Crippen LogP contribution in [-0.2, 0) is 14.3 Å². The first-order valence-corrected chi connectivity index (χ1v) is 9.38. The maximum absolute atomic E-state index is 13.1. The number of para-hydroxylation sites is 1. The lowest BCUT2D eigenvalue weighted by Gasteiger charge is -2.43. The third-order valence-electron chi connectivity index (χ3n) is 5.56. The first-order chi connectivity index (χ1) is 13.5. The average molecular weight is 386 g/mol. The number of carbonyl (C=O) groups is 4. The minimum Gasteiger partial charge on any atom is -0.363 e. The number of piperidine rings is 1. The number of morpholine rings is 1.